The van der Waals surface area contributed by atoms with Gasteiger partial charge in [0.15, 0.2) is 5.76 Å². The van der Waals surface area contributed by atoms with Gasteiger partial charge in [0.05, 0.1) is 5.69 Å². The van der Waals surface area contributed by atoms with Crippen LogP contribution >= 0.6 is 11.6 Å². The summed E-state index contributed by atoms with van der Waals surface area (Å²) in [7, 11) is 0. The lowest BCUT2D eigenvalue weighted by Gasteiger charge is -2.04. The summed E-state index contributed by atoms with van der Waals surface area (Å²) in [4.78, 5) is 11.7. The highest BCUT2D eigenvalue weighted by molar-refractivity contribution is 6.30. The molecule has 0 saturated heterocycles. The van der Waals surface area contributed by atoms with Gasteiger partial charge in [-0.25, -0.2) is 4.39 Å². The summed E-state index contributed by atoms with van der Waals surface area (Å²) < 4.78 is 18.5. The molecule has 1 aromatic carbocycles. The van der Waals surface area contributed by atoms with Crippen molar-refractivity contribution < 1.29 is 13.6 Å². The first-order valence-corrected chi connectivity index (χ1v) is 5.27. The molecule has 0 bridgehead atoms. The highest BCUT2D eigenvalue weighted by Crippen LogP contribution is 2.20. The van der Waals surface area contributed by atoms with Gasteiger partial charge in [0.2, 0.25) is 0 Å². The Bertz CT molecular complexity index is 565. The minimum Gasteiger partial charge on any atom is -0.456 e. The van der Waals surface area contributed by atoms with E-state index in [4.69, 9.17) is 16.0 Å². The molecule has 0 atom stereocenters. The van der Waals surface area contributed by atoms with E-state index in [9.17, 15) is 9.18 Å². The maximum atomic E-state index is 13.3. The Morgan fingerprint density at radius 3 is 2.76 bits per heavy atom. The van der Waals surface area contributed by atoms with Gasteiger partial charge in [-0.2, -0.15) is 0 Å². The molecule has 88 valence electrons. The molecule has 1 heterocycles. The van der Waals surface area contributed by atoms with Crippen LogP contribution in [0.2, 0.25) is 5.02 Å². The van der Waals surface area contributed by atoms with E-state index < -0.39 is 11.7 Å². The lowest BCUT2D eigenvalue weighted by Crippen LogP contribution is -2.12. The first kappa shape index (κ1) is 11.7. The van der Waals surface area contributed by atoms with Crippen LogP contribution in [0.3, 0.4) is 0 Å². The summed E-state index contributed by atoms with van der Waals surface area (Å²) in [5, 5.41) is 2.73. The van der Waals surface area contributed by atoms with Crippen molar-refractivity contribution in [1.29, 1.82) is 0 Å². The fourth-order valence-electron chi connectivity index (χ4n) is 1.33. The number of anilines is 1. The number of benzene rings is 1. The molecule has 1 N–H and O–H groups in total. The predicted molar refractivity (Wildman–Crippen MR) is 62.8 cm³/mol. The lowest BCUT2D eigenvalue weighted by atomic mass is 10.3. The number of furan rings is 1. The molecule has 2 aromatic rings. The molecule has 0 spiro atoms. The van der Waals surface area contributed by atoms with E-state index in [1.807, 2.05) is 0 Å². The molecule has 0 aliphatic rings. The Morgan fingerprint density at radius 1 is 1.35 bits per heavy atom. The molecule has 0 aliphatic heterocycles. The molecule has 0 unspecified atom stereocenters. The summed E-state index contributed by atoms with van der Waals surface area (Å²) in [6, 6.07) is 7.11. The first-order valence-electron chi connectivity index (χ1n) is 4.89. The zero-order valence-corrected chi connectivity index (χ0v) is 9.72. The van der Waals surface area contributed by atoms with Crippen molar-refractivity contribution in [3.8, 4) is 0 Å². The van der Waals surface area contributed by atoms with Gasteiger partial charge in [0, 0.05) is 5.02 Å². The smallest absolute Gasteiger partial charge is 0.291 e. The molecule has 5 heteroatoms. The third-order valence-electron chi connectivity index (χ3n) is 2.14. The highest BCUT2D eigenvalue weighted by Gasteiger charge is 2.12. The van der Waals surface area contributed by atoms with Crippen molar-refractivity contribution in [2.24, 2.45) is 0 Å². The Hall–Kier alpha value is -1.81. The van der Waals surface area contributed by atoms with Crippen molar-refractivity contribution in [2.75, 3.05) is 5.32 Å². The van der Waals surface area contributed by atoms with E-state index in [1.165, 1.54) is 24.3 Å². The van der Waals surface area contributed by atoms with E-state index in [-0.39, 0.29) is 11.4 Å². The number of nitrogens with one attached hydrogen (secondary N) is 1. The summed E-state index contributed by atoms with van der Waals surface area (Å²) in [6.07, 6.45) is 0. The molecule has 0 radical (unpaired) electrons. The van der Waals surface area contributed by atoms with E-state index in [0.717, 1.165) is 0 Å². The Labute approximate surface area is 102 Å². The lowest BCUT2D eigenvalue weighted by molar-refractivity contribution is 0.0995. The average Bonchev–Trinajstić information content (AvgIpc) is 2.70. The van der Waals surface area contributed by atoms with Crippen molar-refractivity contribution >= 4 is 23.2 Å². The number of carbonyl (C=O) groups is 1. The van der Waals surface area contributed by atoms with Gasteiger partial charge in [-0.15, -0.1) is 0 Å². The Kier molecular flexibility index (Phi) is 3.15. The van der Waals surface area contributed by atoms with Gasteiger partial charge in [-0.05, 0) is 37.3 Å². The Morgan fingerprint density at radius 2 is 2.12 bits per heavy atom. The average molecular weight is 254 g/mol. The fourth-order valence-corrected chi connectivity index (χ4v) is 1.51. The summed E-state index contributed by atoms with van der Waals surface area (Å²) in [6.45, 7) is 1.72. The first-order chi connectivity index (χ1) is 8.06. The zero-order chi connectivity index (χ0) is 12.4. The second-order valence-corrected chi connectivity index (χ2v) is 3.93. The highest BCUT2D eigenvalue weighted by atomic mass is 35.5. The molecule has 3 nitrogen and oxygen atoms in total. The number of carbonyl (C=O) groups excluding carboxylic acids is 1. The standard InChI is InChI=1S/C12H9ClFNO2/c1-7-2-5-11(17-7)12(16)15-10-6-8(13)3-4-9(10)14/h2-6H,1H3,(H,15,16). The molecular weight excluding hydrogens is 245 g/mol. The van der Waals surface area contributed by atoms with Crippen molar-refractivity contribution in [1.82, 2.24) is 0 Å². The number of rotatable bonds is 2. The Balaban J connectivity index is 2.21. The quantitative estimate of drug-likeness (QED) is 0.888. The predicted octanol–water partition coefficient (Wildman–Crippen LogP) is 3.63. The number of aryl methyl sites for hydroxylation is 1. The molecule has 0 aliphatic carbocycles. The van der Waals surface area contributed by atoms with E-state index in [1.54, 1.807) is 13.0 Å². The maximum Gasteiger partial charge on any atom is 0.291 e. The number of amides is 1. The van der Waals surface area contributed by atoms with E-state index >= 15 is 0 Å². The maximum absolute atomic E-state index is 13.3. The van der Waals surface area contributed by atoms with Crippen LogP contribution in [0.15, 0.2) is 34.7 Å². The molecule has 17 heavy (non-hydrogen) atoms. The van der Waals surface area contributed by atoms with Gasteiger partial charge in [-0.1, -0.05) is 11.6 Å². The second-order valence-electron chi connectivity index (χ2n) is 3.49. The molecule has 1 amide bonds. The van der Waals surface area contributed by atoms with Crippen molar-refractivity contribution in [3.05, 3.63) is 52.7 Å². The molecule has 0 saturated carbocycles. The van der Waals surface area contributed by atoms with Crippen LogP contribution < -0.4 is 5.32 Å². The number of halogens is 2. The number of hydrogen-bond acceptors (Lipinski definition) is 2. The topological polar surface area (TPSA) is 42.2 Å². The van der Waals surface area contributed by atoms with E-state index in [0.29, 0.717) is 10.8 Å². The fraction of sp³-hybridized carbons (Fsp3) is 0.0833. The zero-order valence-electron chi connectivity index (χ0n) is 8.96. The van der Waals surface area contributed by atoms with Crippen LogP contribution in [0, 0.1) is 12.7 Å². The molecule has 1 aromatic heterocycles. The van der Waals surface area contributed by atoms with Crippen LogP contribution in [0.5, 0.6) is 0 Å². The van der Waals surface area contributed by atoms with Gasteiger partial charge < -0.3 is 9.73 Å². The third-order valence-corrected chi connectivity index (χ3v) is 2.38. The summed E-state index contributed by atoms with van der Waals surface area (Å²) in [5.41, 5.74) is 0.0246. The van der Waals surface area contributed by atoms with Gasteiger partial charge in [0.25, 0.3) is 5.91 Å². The van der Waals surface area contributed by atoms with Gasteiger partial charge in [0.1, 0.15) is 11.6 Å². The van der Waals surface area contributed by atoms with E-state index in [2.05, 4.69) is 5.32 Å². The summed E-state index contributed by atoms with van der Waals surface area (Å²) in [5.74, 6) is -0.325. The monoisotopic (exact) mass is 253 g/mol. The minimum atomic E-state index is -0.550. The van der Waals surface area contributed by atoms with Crippen LogP contribution in [-0.2, 0) is 0 Å². The largest absolute Gasteiger partial charge is 0.456 e. The van der Waals surface area contributed by atoms with Crippen LogP contribution in [-0.4, -0.2) is 5.91 Å². The molecular formula is C12H9ClFNO2. The van der Waals surface area contributed by atoms with Gasteiger partial charge in [-0.3, -0.25) is 4.79 Å². The van der Waals surface area contributed by atoms with Crippen molar-refractivity contribution in [3.63, 3.8) is 0 Å². The summed E-state index contributed by atoms with van der Waals surface area (Å²) >= 11 is 5.71. The normalized spacial score (nSPS) is 10.3. The molecule has 2 rings (SSSR count). The minimum absolute atomic E-state index is 0.0246. The SMILES string of the molecule is Cc1ccc(C(=O)Nc2cc(Cl)ccc2F)o1. The van der Waals surface area contributed by atoms with Crippen LogP contribution in [0.4, 0.5) is 10.1 Å². The second kappa shape index (κ2) is 4.59. The van der Waals surface area contributed by atoms with Gasteiger partial charge >= 0.3 is 0 Å². The molecule has 0 fully saturated rings. The van der Waals surface area contributed by atoms with Crippen LogP contribution in [0.25, 0.3) is 0 Å². The number of hydrogen-bond donors (Lipinski definition) is 1. The third kappa shape index (κ3) is 2.65. The van der Waals surface area contributed by atoms with Crippen LogP contribution in [0.1, 0.15) is 16.3 Å². The van der Waals surface area contributed by atoms with Crippen molar-refractivity contribution in [2.45, 2.75) is 6.92 Å².